The molecule has 2 N–H and O–H groups in total. The molecule has 6 unspecified atom stereocenters. The van der Waals surface area contributed by atoms with Crippen molar-refractivity contribution in [3.63, 3.8) is 0 Å². The normalized spacial score (nSPS) is 14.9. The van der Waals surface area contributed by atoms with Crippen LogP contribution in [-0.4, -0.2) is 42.8 Å². The van der Waals surface area contributed by atoms with Crippen LogP contribution in [0, 0.1) is 30.6 Å². The fourth-order valence-electron chi connectivity index (χ4n) is 6.68. The average molecular weight is 768 g/mol. The first-order chi connectivity index (χ1) is 25.8. The van der Waals surface area contributed by atoms with Gasteiger partial charge in [-0.05, 0) is 91.0 Å². The standard InChI is InChI=1S/C43H63ClN2O4.2C2H6/c1-10-38(34(9)36-19-13-12-14-20-36)31(6)17-15-16-18-33(8)46-40(26-35-22-21-32(7)39(44)25-35)43(49)45-27-30(5)24-37(28-47)50-42(23-29(3)4)41(48)11-2;2*1-2/h12-14,16,18-22,25,28-31,34,37-38,40,42,46H,8,10-11,15,17,23-24,26-27H2,1-7,9H3,(H,45,49);2*1-2H3/b18-16+;;/t30?,31?,34?,37?,38?,40-,42?;;/m1../s1. The van der Waals surface area contributed by atoms with E-state index in [-0.39, 0.29) is 23.5 Å². The van der Waals surface area contributed by atoms with Gasteiger partial charge in [0.05, 0.1) is 0 Å². The lowest BCUT2D eigenvalue weighted by atomic mass is 9.76. The number of hydrogen-bond donors (Lipinski definition) is 2. The molecule has 2 aromatic rings. The summed E-state index contributed by atoms with van der Waals surface area (Å²) in [5.41, 5.74) is 3.98. The molecule has 0 heterocycles. The van der Waals surface area contributed by atoms with Crippen LogP contribution in [0.25, 0.3) is 0 Å². The number of nitrogens with one attached hydrogen (secondary N) is 2. The van der Waals surface area contributed by atoms with E-state index in [1.807, 2.05) is 86.6 Å². The summed E-state index contributed by atoms with van der Waals surface area (Å²) in [4.78, 5) is 38.0. The first-order valence-electron chi connectivity index (χ1n) is 20.6. The molecule has 2 aromatic carbocycles. The average Bonchev–Trinajstić information content (AvgIpc) is 3.17. The van der Waals surface area contributed by atoms with E-state index in [1.54, 1.807) is 0 Å². The Morgan fingerprint density at radius 3 is 2.15 bits per heavy atom. The predicted molar refractivity (Wildman–Crippen MR) is 231 cm³/mol. The van der Waals surface area contributed by atoms with Crippen LogP contribution in [0.5, 0.6) is 0 Å². The number of hydrogen-bond acceptors (Lipinski definition) is 5. The van der Waals surface area contributed by atoms with Gasteiger partial charge in [-0.3, -0.25) is 9.59 Å². The van der Waals surface area contributed by atoms with E-state index in [0.29, 0.717) is 60.7 Å². The molecule has 2 rings (SSSR count). The van der Waals surface area contributed by atoms with Crippen molar-refractivity contribution in [2.45, 2.75) is 152 Å². The molecule has 304 valence electrons. The van der Waals surface area contributed by atoms with Crippen LogP contribution in [0.3, 0.4) is 0 Å². The second-order valence-electron chi connectivity index (χ2n) is 14.6. The summed E-state index contributed by atoms with van der Waals surface area (Å²) in [5.74, 6) is 1.70. The molecule has 0 aliphatic carbocycles. The first-order valence-corrected chi connectivity index (χ1v) is 21.0. The molecule has 0 aromatic heterocycles. The molecule has 6 nitrogen and oxygen atoms in total. The maximum atomic E-state index is 13.6. The topological polar surface area (TPSA) is 84.5 Å². The summed E-state index contributed by atoms with van der Waals surface area (Å²) in [6.45, 7) is 29.3. The van der Waals surface area contributed by atoms with E-state index in [4.69, 9.17) is 16.3 Å². The Morgan fingerprint density at radius 2 is 1.59 bits per heavy atom. The van der Waals surface area contributed by atoms with Crippen LogP contribution >= 0.6 is 11.6 Å². The van der Waals surface area contributed by atoms with Crippen molar-refractivity contribution in [1.29, 1.82) is 0 Å². The van der Waals surface area contributed by atoms with Gasteiger partial charge in [0.2, 0.25) is 5.91 Å². The Bertz CT molecular complexity index is 1380. The number of rotatable bonds is 24. The lowest BCUT2D eigenvalue weighted by molar-refractivity contribution is -0.140. The van der Waals surface area contributed by atoms with Gasteiger partial charge in [0.1, 0.15) is 24.5 Å². The van der Waals surface area contributed by atoms with Gasteiger partial charge in [0, 0.05) is 30.1 Å². The lowest BCUT2D eigenvalue weighted by Gasteiger charge is -2.29. The Balaban J connectivity index is 0.00000678. The number of allylic oxidation sites excluding steroid dienone is 2. The molecule has 0 aliphatic rings. The molecule has 7 heteroatoms. The van der Waals surface area contributed by atoms with Crippen LogP contribution in [0.1, 0.15) is 137 Å². The van der Waals surface area contributed by atoms with Crippen molar-refractivity contribution in [1.82, 2.24) is 10.6 Å². The number of carbonyl (C=O) groups excluding carboxylic acids is 3. The van der Waals surface area contributed by atoms with E-state index in [0.717, 1.165) is 36.7 Å². The van der Waals surface area contributed by atoms with Crippen molar-refractivity contribution in [3.8, 4) is 0 Å². The van der Waals surface area contributed by atoms with Gasteiger partial charge >= 0.3 is 0 Å². The Hall–Kier alpha value is -3.22. The third kappa shape index (κ3) is 19.4. The second kappa shape index (κ2) is 29.1. The minimum absolute atomic E-state index is 0.00299. The van der Waals surface area contributed by atoms with E-state index in [9.17, 15) is 14.4 Å². The number of ketones is 1. The number of aldehydes is 1. The molecule has 0 fully saturated rings. The van der Waals surface area contributed by atoms with Crippen molar-refractivity contribution < 1.29 is 19.1 Å². The number of carbonyl (C=O) groups is 3. The molecule has 7 atom stereocenters. The van der Waals surface area contributed by atoms with Gasteiger partial charge in [-0.15, -0.1) is 0 Å². The molecule has 0 saturated carbocycles. The molecular weight excluding hydrogens is 692 g/mol. The van der Waals surface area contributed by atoms with Crippen molar-refractivity contribution in [3.05, 3.63) is 94.7 Å². The smallest absolute Gasteiger partial charge is 0.242 e. The Labute approximate surface area is 335 Å². The van der Waals surface area contributed by atoms with Gasteiger partial charge in [-0.2, -0.15) is 0 Å². The lowest BCUT2D eigenvalue weighted by Crippen LogP contribution is -2.46. The van der Waals surface area contributed by atoms with Gasteiger partial charge in [-0.1, -0.05) is 149 Å². The highest BCUT2D eigenvalue weighted by molar-refractivity contribution is 6.31. The summed E-state index contributed by atoms with van der Waals surface area (Å²) in [6.07, 6.45) is 8.45. The number of amides is 1. The second-order valence-corrected chi connectivity index (χ2v) is 15.0. The third-order valence-corrected chi connectivity index (χ3v) is 10.2. The zero-order chi connectivity index (χ0) is 41.2. The van der Waals surface area contributed by atoms with Crippen molar-refractivity contribution >= 4 is 29.6 Å². The predicted octanol–water partition coefficient (Wildman–Crippen LogP) is 11.6. The van der Waals surface area contributed by atoms with Crippen LogP contribution in [0.15, 0.2) is 73.0 Å². The minimum Gasteiger partial charge on any atom is -0.374 e. The van der Waals surface area contributed by atoms with Crippen molar-refractivity contribution in [2.75, 3.05) is 6.54 Å². The summed E-state index contributed by atoms with van der Waals surface area (Å²) in [6, 6.07) is 16.0. The van der Waals surface area contributed by atoms with Crippen LogP contribution in [0.2, 0.25) is 5.02 Å². The van der Waals surface area contributed by atoms with E-state index < -0.39 is 18.2 Å². The molecule has 0 aliphatic heterocycles. The molecule has 54 heavy (non-hydrogen) atoms. The van der Waals surface area contributed by atoms with E-state index in [1.165, 1.54) is 5.56 Å². The fourth-order valence-corrected chi connectivity index (χ4v) is 6.89. The van der Waals surface area contributed by atoms with Crippen LogP contribution in [0.4, 0.5) is 0 Å². The molecule has 0 spiro atoms. The Morgan fingerprint density at radius 1 is 0.944 bits per heavy atom. The number of Topliss-reactive ketones (excluding diaryl/α,β-unsaturated/α-hetero) is 1. The largest absolute Gasteiger partial charge is 0.374 e. The first kappa shape index (κ1) is 50.8. The monoisotopic (exact) mass is 767 g/mol. The Kier molecular flexibility index (Phi) is 27.4. The zero-order valence-electron chi connectivity index (χ0n) is 35.8. The SMILES string of the molecule is C=C(/C=C/CCC(C)C(CC)C(C)c1ccccc1)N[C@H](Cc1ccc(C)c(Cl)c1)C(=O)NCC(C)CC(C=O)OC(CC(C)C)C(=O)CC.CC.CC. The van der Waals surface area contributed by atoms with E-state index in [2.05, 4.69) is 74.4 Å². The van der Waals surface area contributed by atoms with Gasteiger partial charge in [-0.25, -0.2) is 0 Å². The minimum atomic E-state index is -0.716. The fraction of sp³-hybridized carbons (Fsp3) is 0.596. The summed E-state index contributed by atoms with van der Waals surface area (Å²) >= 11 is 6.43. The molecular formula is C47H75ClN2O4. The highest BCUT2D eigenvalue weighted by atomic mass is 35.5. The molecule has 0 bridgehead atoms. The maximum absolute atomic E-state index is 13.6. The number of benzene rings is 2. The highest BCUT2D eigenvalue weighted by Crippen LogP contribution is 2.34. The summed E-state index contributed by atoms with van der Waals surface area (Å²) < 4.78 is 5.98. The molecule has 0 radical (unpaired) electrons. The van der Waals surface area contributed by atoms with Gasteiger partial charge in [0.25, 0.3) is 0 Å². The maximum Gasteiger partial charge on any atom is 0.242 e. The number of ether oxygens (including phenoxy) is 1. The highest BCUT2D eigenvalue weighted by Gasteiger charge is 2.26. The zero-order valence-corrected chi connectivity index (χ0v) is 36.6. The quantitative estimate of drug-likeness (QED) is 0.0821. The van der Waals surface area contributed by atoms with Crippen molar-refractivity contribution in [2.24, 2.45) is 23.7 Å². The van der Waals surface area contributed by atoms with Crippen LogP contribution < -0.4 is 10.6 Å². The molecule has 1 amide bonds. The van der Waals surface area contributed by atoms with Crippen LogP contribution in [-0.2, 0) is 25.5 Å². The van der Waals surface area contributed by atoms with Gasteiger partial charge in [0.15, 0.2) is 5.78 Å². The summed E-state index contributed by atoms with van der Waals surface area (Å²) in [5, 5.41) is 7.07. The number of aryl methyl sites for hydroxylation is 1. The van der Waals surface area contributed by atoms with E-state index >= 15 is 0 Å². The summed E-state index contributed by atoms with van der Waals surface area (Å²) in [7, 11) is 0. The third-order valence-electron chi connectivity index (χ3n) is 9.77. The number of halogens is 1. The van der Waals surface area contributed by atoms with Gasteiger partial charge < -0.3 is 20.2 Å². The molecule has 0 saturated heterocycles.